The number of aliphatic carboxylic acids is 1. The van der Waals surface area contributed by atoms with E-state index in [1.54, 1.807) is 0 Å². The van der Waals surface area contributed by atoms with Gasteiger partial charge in [-0.15, -0.1) is 0 Å². The van der Waals surface area contributed by atoms with Crippen molar-refractivity contribution in [1.29, 1.82) is 0 Å². The van der Waals surface area contributed by atoms with Crippen molar-refractivity contribution in [3.63, 3.8) is 0 Å². The number of carboxylic acid groups (broad SMARTS) is 1. The third-order valence-electron chi connectivity index (χ3n) is 3.40. The van der Waals surface area contributed by atoms with E-state index in [1.165, 1.54) is 12.1 Å². The number of halogens is 1. The van der Waals surface area contributed by atoms with Gasteiger partial charge in [0.1, 0.15) is 5.54 Å². The van der Waals surface area contributed by atoms with Gasteiger partial charge in [-0.3, -0.25) is 14.9 Å². The van der Waals surface area contributed by atoms with Crippen LogP contribution < -0.4 is 5.32 Å². The lowest BCUT2D eigenvalue weighted by Crippen LogP contribution is -2.49. The van der Waals surface area contributed by atoms with Gasteiger partial charge in [-0.05, 0) is 24.9 Å². The Morgan fingerprint density at radius 2 is 2.32 bits per heavy atom. The van der Waals surface area contributed by atoms with Crippen LogP contribution in [0.3, 0.4) is 0 Å². The summed E-state index contributed by atoms with van der Waals surface area (Å²) in [6, 6.07) is 3.81. The molecule has 7 heteroatoms. The van der Waals surface area contributed by atoms with E-state index in [-0.39, 0.29) is 12.0 Å². The Balaban J connectivity index is 2.35. The minimum absolute atomic E-state index is 0.0472. The second-order valence-corrected chi connectivity index (χ2v) is 4.60. The quantitative estimate of drug-likeness (QED) is 0.637. The van der Waals surface area contributed by atoms with Crippen LogP contribution in [0.15, 0.2) is 18.2 Å². The van der Waals surface area contributed by atoms with Gasteiger partial charge in [0.2, 0.25) is 5.82 Å². The average molecular weight is 268 g/mol. The van der Waals surface area contributed by atoms with Crippen molar-refractivity contribution >= 4 is 11.7 Å². The maximum atomic E-state index is 13.9. The molecular formula is C12H13FN2O4. The molecule has 0 bridgehead atoms. The Labute approximate surface area is 108 Å². The molecule has 1 aromatic rings. The van der Waals surface area contributed by atoms with Crippen LogP contribution in [-0.4, -0.2) is 28.1 Å². The lowest BCUT2D eigenvalue weighted by molar-refractivity contribution is -0.387. The number of nitrogens with one attached hydrogen (secondary N) is 1. The molecule has 0 aromatic heterocycles. The third kappa shape index (κ3) is 2.41. The summed E-state index contributed by atoms with van der Waals surface area (Å²) in [6.07, 6.45) is 0.961. The van der Waals surface area contributed by atoms with E-state index in [2.05, 4.69) is 5.32 Å². The summed E-state index contributed by atoms with van der Waals surface area (Å²) in [6.45, 7) is 0.544. The predicted molar refractivity (Wildman–Crippen MR) is 64.4 cm³/mol. The van der Waals surface area contributed by atoms with Gasteiger partial charge in [-0.25, -0.2) is 0 Å². The Bertz CT molecular complexity index is 526. The van der Waals surface area contributed by atoms with Crippen LogP contribution in [0.5, 0.6) is 0 Å². The maximum absolute atomic E-state index is 13.9. The fraction of sp³-hybridized carbons (Fsp3) is 0.417. The highest BCUT2D eigenvalue weighted by Crippen LogP contribution is 2.28. The molecule has 19 heavy (non-hydrogen) atoms. The zero-order valence-electron chi connectivity index (χ0n) is 10.1. The molecule has 6 nitrogen and oxygen atoms in total. The molecule has 102 valence electrons. The minimum Gasteiger partial charge on any atom is -0.480 e. The SMILES string of the molecule is O=C(O)C1(Cc2cccc([N+](=O)[O-])c2F)CCCN1. The molecule has 1 unspecified atom stereocenters. The maximum Gasteiger partial charge on any atom is 0.324 e. The highest BCUT2D eigenvalue weighted by molar-refractivity contribution is 5.79. The molecule has 0 amide bonds. The number of benzene rings is 1. The first-order chi connectivity index (χ1) is 8.96. The molecule has 1 fully saturated rings. The van der Waals surface area contributed by atoms with Gasteiger partial charge in [0.05, 0.1) is 4.92 Å². The second kappa shape index (κ2) is 4.93. The van der Waals surface area contributed by atoms with Crippen molar-refractivity contribution in [2.24, 2.45) is 0 Å². The smallest absolute Gasteiger partial charge is 0.324 e. The monoisotopic (exact) mass is 268 g/mol. The van der Waals surface area contributed by atoms with Crippen molar-refractivity contribution in [3.8, 4) is 0 Å². The van der Waals surface area contributed by atoms with Gasteiger partial charge in [0, 0.05) is 12.5 Å². The largest absolute Gasteiger partial charge is 0.480 e. The molecule has 1 atom stereocenters. The molecule has 2 N–H and O–H groups in total. The van der Waals surface area contributed by atoms with Crippen molar-refractivity contribution in [1.82, 2.24) is 5.32 Å². The van der Waals surface area contributed by atoms with Gasteiger partial charge in [0.25, 0.3) is 0 Å². The summed E-state index contributed by atoms with van der Waals surface area (Å²) in [5, 5.41) is 22.8. The topological polar surface area (TPSA) is 92.5 Å². The first kappa shape index (κ1) is 13.4. The number of hydrogen-bond donors (Lipinski definition) is 2. The van der Waals surface area contributed by atoms with Crippen LogP contribution in [0.4, 0.5) is 10.1 Å². The molecule has 1 aliphatic rings. The Kier molecular flexibility index (Phi) is 3.48. The normalized spacial score (nSPS) is 22.4. The summed E-state index contributed by atoms with van der Waals surface area (Å²) in [4.78, 5) is 21.2. The van der Waals surface area contributed by atoms with Gasteiger partial charge in [-0.2, -0.15) is 4.39 Å². The Hall–Kier alpha value is -2.02. The van der Waals surface area contributed by atoms with Crippen LogP contribution in [0.1, 0.15) is 18.4 Å². The lowest BCUT2D eigenvalue weighted by atomic mass is 9.89. The number of hydrogen-bond acceptors (Lipinski definition) is 4. The molecular weight excluding hydrogens is 255 g/mol. The van der Waals surface area contributed by atoms with Gasteiger partial charge >= 0.3 is 11.7 Å². The van der Waals surface area contributed by atoms with Crippen molar-refractivity contribution in [2.75, 3.05) is 6.54 Å². The number of carbonyl (C=O) groups is 1. The summed E-state index contributed by atoms with van der Waals surface area (Å²) < 4.78 is 13.9. The van der Waals surface area contributed by atoms with E-state index in [4.69, 9.17) is 0 Å². The molecule has 1 aliphatic heterocycles. The fourth-order valence-electron chi connectivity index (χ4n) is 2.38. The number of carboxylic acids is 1. The predicted octanol–water partition coefficient (Wildman–Crippen LogP) is 1.48. The summed E-state index contributed by atoms with van der Waals surface area (Å²) in [5.41, 5.74) is -1.81. The second-order valence-electron chi connectivity index (χ2n) is 4.60. The standard InChI is InChI=1S/C12H13FN2O4/c13-10-8(3-1-4-9(10)15(18)19)7-12(11(16)17)5-2-6-14-12/h1,3-4,14H,2,5-7H2,(H,16,17). The number of rotatable bonds is 4. The first-order valence-electron chi connectivity index (χ1n) is 5.86. The number of nitro groups is 1. The molecule has 0 aliphatic carbocycles. The van der Waals surface area contributed by atoms with Crippen LogP contribution in [0.25, 0.3) is 0 Å². The van der Waals surface area contributed by atoms with E-state index >= 15 is 0 Å². The minimum atomic E-state index is -1.23. The molecule has 0 saturated carbocycles. The fourth-order valence-corrected chi connectivity index (χ4v) is 2.38. The molecule has 1 heterocycles. The van der Waals surface area contributed by atoms with E-state index in [0.29, 0.717) is 19.4 Å². The lowest BCUT2D eigenvalue weighted by Gasteiger charge is -2.24. The highest BCUT2D eigenvalue weighted by atomic mass is 19.1. The zero-order valence-corrected chi connectivity index (χ0v) is 10.1. The van der Waals surface area contributed by atoms with Gasteiger partial charge < -0.3 is 10.4 Å². The van der Waals surface area contributed by atoms with E-state index in [1.807, 2.05) is 0 Å². The van der Waals surface area contributed by atoms with Crippen LogP contribution in [-0.2, 0) is 11.2 Å². The molecule has 0 radical (unpaired) electrons. The molecule has 1 aromatic carbocycles. The van der Waals surface area contributed by atoms with Crippen molar-refractivity contribution in [2.45, 2.75) is 24.8 Å². The van der Waals surface area contributed by atoms with Crippen LogP contribution in [0.2, 0.25) is 0 Å². The summed E-state index contributed by atoms with van der Waals surface area (Å²) in [5.74, 6) is -2.02. The summed E-state index contributed by atoms with van der Waals surface area (Å²) in [7, 11) is 0. The van der Waals surface area contributed by atoms with Crippen LogP contribution >= 0.6 is 0 Å². The molecule has 1 saturated heterocycles. The first-order valence-corrected chi connectivity index (χ1v) is 5.86. The molecule has 2 rings (SSSR count). The van der Waals surface area contributed by atoms with E-state index in [0.717, 1.165) is 6.07 Å². The van der Waals surface area contributed by atoms with Crippen molar-refractivity contribution in [3.05, 3.63) is 39.7 Å². The van der Waals surface area contributed by atoms with E-state index in [9.17, 15) is 24.4 Å². The number of nitro benzene ring substituents is 1. The van der Waals surface area contributed by atoms with Gasteiger partial charge in [0.15, 0.2) is 0 Å². The molecule has 0 spiro atoms. The highest BCUT2D eigenvalue weighted by Gasteiger charge is 2.42. The Morgan fingerprint density at radius 1 is 1.58 bits per heavy atom. The average Bonchev–Trinajstić information content (AvgIpc) is 2.81. The zero-order chi connectivity index (χ0) is 14.0. The van der Waals surface area contributed by atoms with Crippen LogP contribution in [0, 0.1) is 15.9 Å². The van der Waals surface area contributed by atoms with Gasteiger partial charge in [-0.1, -0.05) is 12.1 Å². The number of nitrogens with zero attached hydrogens (tertiary/aromatic N) is 1. The van der Waals surface area contributed by atoms with E-state index < -0.39 is 27.9 Å². The summed E-state index contributed by atoms with van der Waals surface area (Å²) >= 11 is 0. The Morgan fingerprint density at radius 3 is 2.84 bits per heavy atom. The van der Waals surface area contributed by atoms with Crippen molar-refractivity contribution < 1.29 is 19.2 Å². The third-order valence-corrected chi connectivity index (χ3v) is 3.40.